The summed E-state index contributed by atoms with van der Waals surface area (Å²) in [6.07, 6.45) is 2.14. The molecule has 0 saturated carbocycles. The summed E-state index contributed by atoms with van der Waals surface area (Å²) in [5, 5.41) is 5.72. The zero-order valence-electron chi connectivity index (χ0n) is 12.9. The molecular formula is C18H21FN2O. The second kappa shape index (κ2) is 7.59. The van der Waals surface area contributed by atoms with E-state index in [4.69, 9.17) is 0 Å². The molecule has 0 aliphatic rings. The minimum atomic E-state index is -0.281. The lowest BCUT2D eigenvalue weighted by Crippen LogP contribution is -2.21. The number of rotatable bonds is 6. The summed E-state index contributed by atoms with van der Waals surface area (Å²) in [6, 6.07) is 12.7. The molecule has 2 rings (SSSR count). The quantitative estimate of drug-likeness (QED) is 0.842. The number of carbonyl (C=O) groups is 1. The van der Waals surface area contributed by atoms with E-state index >= 15 is 0 Å². The monoisotopic (exact) mass is 300 g/mol. The standard InChI is InChI=1S/C18H21FN2O/c1-3-4-14-6-9-15(10-7-14)21-18(22)12-20-16-8-5-13(2)17(19)11-16/h5-11,20H,3-4,12H2,1-2H3,(H,21,22). The third-order valence-electron chi connectivity index (χ3n) is 3.40. The molecule has 3 nitrogen and oxygen atoms in total. The highest BCUT2D eigenvalue weighted by atomic mass is 19.1. The van der Waals surface area contributed by atoms with Crippen molar-refractivity contribution >= 4 is 17.3 Å². The van der Waals surface area contributed by atoms with Crippen LogP contribution in [0.25, 0.3) is 0 Å². The average Bonchev–Trinajstić information content (AvgIpc) is 2.51. The van der Waals surface area contributed by atoms with Gasteiger partial charge in [0.05, 0.1) is 6.54 Å². The van der Waals surface area contributed by atoms with Crippen LogP contribution < -0.4 is 10.6 Å². The van der Waals surface area contributed by atoms with Crippen molar-refractivity contribution in [3.8, 4) is 0 Å². The van der Waals surface area contributed by atoms with Crippen LogP contribution >= 0.6 is 0 Å². The van der Waals surface area contributed by atoms with Gasteiger partial charge < -0.3 is 10.6 Å². The first-order valence-corrected chi connectivity index (χ1v) is 7.47. The summed E-state index contributed by atoms with van der Waals surface area (Å²) >= 11 is 0. The maximum Gasteiger partial charge on any atom is 0.243 e. The van der Waals surface area contributed by atoms with Gasteiger partial charge in [-0.15, -0.1) is 0 Å². The van der Waals surface area contributed by atoms with Crippen molar-refractivity contribution in [1.82, 2.24) is 0 Å². The molecule has 0 unspecified atom stereocenters. The van der Waals surface area contributed by atoms with Gasteiger partial charge in [-0.25, -0.2) is 4.39 Å². The largest absolute Gasteiger partial charge is 0.376 e. The van der Waals surface area contributed by atoms with E-state index in [9.17, 15) is 9.18 Å². The smallest absolute Gasteiger partial charge is 0.243 e. The Balaban J connectivity index is 1.85. The number of aryl methyl sites for hydroxylation is 2. The van der Waals surface area contributed by atoms with Crippen LogP contribution in [0, 0.1) is 12.7 Å². The zero-order valence-corrected chi connectivity index (χ0v) is 12.9. The number of nitrogens with one attached hydrogen (secondary N) is 2. The van der Waals surface area contributed by atoms with E-state index in [0.29, 0.717) is 11.3 Å². The second-order valence-corrected chi connectivity index (χ2v) is 5.31. The van der Waals surface area contributed by atoms with Gasteiger partial charge in [-0.1, -0.05) is 31.5 Å². The molecule has 0 heterocycles. The van der Waals surface area contributed by atoms with E-state index in [-0.39, 0.29) is 18.3 Å². The van der Waals surface area contributed by atoms with Crippen LogP contribution in [0.1, 0.15) is 24.5 Å². The van der Waals surface area contributed by atoms with E-state index < -0.39 is 0 Å². The molecule has 22 heavy (non-hydrogen) atoms. The number of halogens is 1. The fourth-order valence-electron chi connectivity index (χ4n) is 2.13. The Morgan fingerprint density at radius 1 is 1.09 bits per heavy atom. The van der Waals surface area contributed by atoms with Gasteiger partial charge in [-0.05, 0) is 48.7 Å². The topological polar surface area (TPSA) is 41.1 Å². The summed E-state index contributed by atoms with van der Waals surface area (Å²) in [6.45, 7) is 3.93. The van der Waals surface area contributed by atoms with Crippen molar-refractivity contribution in [3.05, 3.63) is 59.4 Å². The molecule has 0 bridgehead atoms. The van der Waals surface area contributed by atoms with Crippen LogP contribution in [0.3, 0.4) is 0 Å². The predicted molar refractivity (Wildman–Crippen MR) is 88.7 cm³/mol. The van der Waals surface area contributed by atoms with E-state index in [1.54, 1.807) is 19.1 Å². The van der Waals surface area contributed by atoms with Crippen molar-refractivity contribution in [1.29, 1.82) is 0 Å². The molecule has 0 atom stereocenters. The lowest BCUT2D eigenvalue weighted by atomic mass is 10.1. The molecule has 4 heteroatoms. The second-order valence-electron chi connectivity index (χ2n) is 5.31. The van der Waals surface area contributed by atoms with E-state index in [2.05, 4.69) is 17.6 Å². The fourth-order valence-corrected chi connectivity index (χ4v) is 2.13. The summed E-state index contributed by atoms with van der Waals surface area (Å²) < 4.78 is 13.4. The summed E-state index contributed by atoms with van der Waals surface area (Å²) in [7, 11) is 0. The van der Waals surface area contributed by atoms with Crippen LogP contribution in [0.15, 0.2) is 42.5 Å². The highest BCUT2D eigenvalue weighted by Crippen LogP contribution is 2.14. The van der Waals surface area contributed by atoms with Crippen LogP contribution in [0.5, 0.6) is 0 Å². The molecule has 2 N–H and O–H groups in total. The SMILES string of the molecule is CCCc1ccc(NC(=O)CNc2ccc(C)c(F)c2)cc1. The summed E-state index contributed by atoms with van der Waals surface area (Å²) in [5.41, 5.74) is 3.20. The first kappa shape index (κ1) is 16.0. The molecule has 1 amide bonds. The van der Waals surface area contributed by atoms with Gasteiger partial charge in [0.1, 0.15) is 5.82 Å². The average molecular weight is 300 g/mol. The van der Waals surface area contributed by atoms with E-state index in [0.717, 1.165) is 18.5 Å². The Hall–Kier alpha value is -2.36. The van der Waals surface area contributed by atoms with Crippen LogP contribution in [0.2, 0.25) is 0 Å². The van der Waals surface area contributed by atoms with Crippen LogP contribution in [-0.2, 0) is 11.2 Å². The highest BCUT2D eigenvalue weighted by Gasteiger charge is 2.04. The number of carbonyl (C=O) groups excluding carboxylic acids is 1. The van der Waals surface area contributed by atoms with Gasteiger partial charge in [-0.2, -0.15) is 0 Å². The maximum absolute atomic E-state index is 13.4. The Bertz CT molecular complexity index is 638. The number of anilines is 2. The van der Waals surface area contributed by atoms with Gasteiger partial charge in [-0.3, -0.25) is 4.79 Å². The van der Waals surface area contributed by atoms with E-state index in [1.165, 1.54) is 11.6 Å². The maximum atomic E-state index is 13.4. The minimum Gasteiger partial charge on any atom is -0.376 e. The first-order chi connectivity index (χ1) is 10.6. The van der Waals surface area contributed by atoms with Gasteiger partial charge >= 0.3 is 0 Å². The third-order valence-corrected chi connectivity index (χ3v) is 3.40. The van der Waals surface area contributed by atoms with E-state index in [1.807, 2.05) is 24.3 Å². The molecule has 116 valence electrons. The Kier molecular flexibility index (Phi) is 5.53. The minimum absolute atomic E-state index is 0.0964. The fraction of sp³-hybridized carbons (Fsp3) is 0.278. The van der Waals surface area contributed by atoms with Gasteiger partial charge in [0.15, 0.2) is 0 Å². The van der Waals surface area contributed by atoms with Crippen molar-refractivity contribution in [2.75, 3.05) is 17.2 Å². The highest BCUT2D eigenvalue weighted by molar-refractivity contribution is 5.93. The Labute approximate surface area is 130 Å². The zero-order chi connectivity index (χ0) is 15.9. The molecule has 0 aliphatic heterocycles. The normalized spacial score (nSPS) is 10.3. The molecule has 0 spiro atoms. The van der Waals surface area contributed by atoms with Gasteiger partial charge in [0.2, 0.25) is 5.91 Å². The van der Waals surface area contributed by atoms with Crippen LogP contribution in [0.4, 0.5) is 15.8 Å². The summed E-state index contributed by atoms with van der Waals surface area (Å²) in [5.74, 6) is -0.443. The van der Waals surface area contributed by atoms with Crippen molar-refractivity contribution in [3.63, 3.8) is 0 Å². The Morgan fingerprint density at radius 2 is 1.77 bits per heavy atom. The molecule has 0 aliphatic carbocycles. The molecule has 2 aromatic carbocycles. The van der Waals surface area contributed by atoms with Gasteiger partial charge in [0, 0.05) is 11.4 Å². The third kappa shape index (κ3) is 4.58. The Morgan fingerprint density at radius 3 is 2.41 bits per heavy atom. The summed E-state index contributed by atoms with van der Waals surface area (Å²) in [4.78, 5) is 11.9. The number of hydrogen-bond donors (Lipinski definition) is 2. The predicted octanol–water partition coefficient (Wildman–Crippen LogP) is 4.14. The lowest BCUT2D eigenvalue weighted by Gasteiger charge is -2.09. The molecule has 0 fully saturated rings. The first-order valence-electron chi connectivity index (χ1n) is 7.47. The van der Waals surface area contributed by atoms with Crippen molar-refractivity contribution in [2.45, 2.75) is 26.7 Å². The van der Waals surface area contributed by atoms with Crippen molar-refractivity contribution < 1.29 is 9.18 Å². The lowest BCUT2D eigenvalue weighted by molar-refractivity contribution is -0.114. The van der Waals surface area contributed by atoms with Crippen LogP contribution in [-0.4, -0.2) is 12.5 Å². The molecule has 0 radical (unpaired) electrons. The molecular weight excluding hydrogens is 279 g/mol. The number of amides is 1. The number of hydrogen-bond acceptors (Lipinski definition) is 2. The molecule has 2 aromatic rings. The van der Waals surface area contributed by atoms with Crippen molar-refractivity contribution in [2.24, 2.45) is 0 Å². The molecule has 0 saturated heterocycles. The van der Waals surface area contributed by atoms with Gasteiger partial charge in [0.25, 0.3) is 0 Å². The molecule has 0 aromatic heterocycles. The number of benzene rings is 2.